The van der Waals surface area contributed by atoms with E-state index in [9.17, 15) is 31.7 Å². The minimum atomic E-state index is -5.03. The number of anilines is 2. The number of nitrogens with one attached hydrogen (secondary N) is 2. The van der Waals surface area contributed by atoms with Crippen LogP contribution in [-0.2, 0) is 9.36 Å². The van der Waals surface area contributed by atoms with Crippen LogP contribution in [0.2, 0.25) is 0 Å². The highest BCUT2D eigenvalue weighted by Crippen LogP contribution is 2.40. The topological polar surface area (TPSA) is 87.7 Å². The fraction of sp³-hybridized carbons (Fsp3) is 0.259. The number of benzene rings is 3. The molecule has 3 aromatic carbocycles. The van der Waals surface area contributed by atoms with Gasteiger partial charge in [0.05, 0.1) is 11.4 Å². The van der Waals surface area contributed by atoms with E-state index in [4.69, 9.17) is 0 Å². The summed E-state index contributed by atoms with van der Waals surface area (Å²) >= 11 is 0. The first kappa shape index (κ1) is 30.0. The largest absolute Gasteiger partial charge is 0.573 e. The molecule has 0 unspecified atom stereocenters. The van der Waals surface area contributed by atoms with Gasteiger partial charge >= 0.3 is 12.4 Å². The van der Waals surface area contributed by atoms with Gasteiger partial charge in [-0.3, -0.25) is 4.79 Å². The molecular weight excluding hydrogens is 575 g/mol. The number of piperidine rings is 1. The van der Waals surface area contributed by atoms with Crippen molar-refractivity contribution in [2.75, 3.05) is 30.1 Å². The first-order valence-corrected chi connectivity index (χ1v) is 14.8. The first-order chi connectivity index (χ1) is 19.2. The van der Waals surface area contributed by atoms with E-state index in [1.807, 2.05) is 0 Å². The number of alkyl halides is 3. The summed E-state index contributed by atoms with van der Waals surface area (Å²) in [7, 11) is -2.84. The minimum Gasteiger partial charge on any atom is -0.406 e. The van der Waals surface area contributed by atoms with Gasteiger partial charge in [0.25, 0.3) is 0 Å². The maximum absolute atomic E-state index is 15.3. The molecule has 0 aliphatic carbocycles. The number of amides is 3. The number of carbonyl (C=O) groups is 2. The third-order valence-corrected chi connectivity index (χ3v) is 7.84. The van der Waals surface area contributed by atoms with Gasteiger partial charge < -0.3 is 24.8 Å². The molecule has 4 rings (SSSR count). The Morgan fingerprint density at radius 1 is 1.00 bits per heavy atom. The molecular formula is C27H24F6N3O4P. The maximum atomic E-state index is 15.3. The van der Waals surface area contributed by atoms with Gasteiger partial charge in [0.2, 0.25) is 5.91 Å². The van der Waals surface area contributed by atoms with Crippen LogP contribution in [-0.4, -0.2) is 44.2 Å². The van der Waals surface area contributed by atoms with Crippen LogP contribution in [0.3, 0.4) is 0 Å². The summed E-state index contributed by atoms with van der Waals surface area (Å²) in [6.45, 7) is 3.05. The summed E-state index contributed by atoms with van der Waals surface area (Å²) in [6, 6.07) is 8.69. The Kier molecular flexibility index (Phi) is 8.39. The van der Waals surface area contributed by atoms with Gasteiger partial charge in [-0.2, -0.15) is 0 Å². The monoisotopic (exact) mass is 599 g/mol. The van der Waals surface area contributed by atoms with E-state index in [2.05, 4.69) is 15.4 Å². The van der Waals surface area contributed by atoms with Crippen LogP contribution in [0.4, 0.5) is 42.5 Å². The summed E-state index contributed by atoms with van der Waals surface area (Å²) in [5.74, 6) is -5.35. The highest BCUT2D eigenvalue weighted by molar-refractivity contribution is 7.70. The van der Waals surface area contributed by atoms with Gasteiger partial charge in [0.1, 0.15) is 24.8 Å². The number of carbonyl (C=O) groups excluding carboxylic acids is 2. The molecule has 7 nitrogen and oxygen atoms in total. The van der Waals surface area contributed by atoms with Crippen LogP contribution in [0.15, 0.2) is 54.6 Å². The quantitative estimate of drug-likeness (QED) is 0.260. The summed E-state index contributed by atoms with van der Waals surface area (Å²) < 4.78 is 98.1. The zero-order valence-electron chi connectivity index (χ0n) is 21.7. The fourth-order valence-corrected chi connectivity index (χ4v) is 5.71. The van der Waals surface area contributed by atoms with Crippen LogP contribution in [0.1, 0.15) is 12.8 Å². The van der Waals surface area contributed by atoms with Crippen molar-refractivity contribution in [1.29, 1.82) is 0 Å². The number of halogens is 6. The molecule has 1 atom stereocenters. The van der Waals surface area contributed by atoms with E-state index in [0.29, 0.717) is 17.8 Å². The Labute approximate surface area is 230 Å². The lowest BCUT2D eigenvalue weighted by molar-refractivity contribution is -0.274. The second-order valence-electron chi connectivity index (χ2n) is 9.60. The lowest BCUT2D eigenvalue weighted by atomic mass is 10.0. The molecule has 3 amide bonds. The molecule has 0 spiro atoms. The van der Waals surface area contributed by atoms with E-state index in [1.54, 1.807) is 18.2 Å². The molecule has 0 radical (unpaired) electrons. The summed E-state index contributed by atoms with van der Waals surface area (Å²) in [4.78, 5) is 26.5. The summed E-state index contributed by atoms with van der Waals surface area (Å²) in [5, 5.41) is 4.79. The molecule has 41 heavy (non-hydrogen) atoms. The van der Waals surface area contributed by atoms with E-state index in [0.717, 1.165) is 17.0 Å². The lowest BCUT2D eigenvalue weighted by Crippen LogP contribution is -2.53. The number of nitrogens with zero attached hydrogens (tertiary/aromatic N) is 1. The Bertz CT molecular complexity index is 1540. The summed E-state index contributed by atoms with van der Waals surface area (Å²) in [5.41, 5.74) is -0.707. The number of ether oxygens (including phenoxy) is 1. The van der Waals surface area contributed by atoms with Crippen molar-refractivity contribution >= 4 is 35.8 Å². The molecule has 3 aromatic rings. The third kappa shape index (κ3) is 6.84. The predicted octanol–water partition coefficient (Wildman–Crippen LogP) is 6.23. The average Bonchev–Trinajstić information content (AvgIpc) is 2.87. The Morgan fingerprint density at radius 3 is 2.37 bits per heavy atom. The van der Waals surface area contributed by atoms with Gasteiger partial charge in [-0.1, -0.05) is 24.3 Å². The number of hydrogen-bond acceptors (Lipinski definition) is 4. The zero-order chi connectivity index (χ0) is 30.1. The van der Waals surface area contributed by atoms with Crippen molar-refractivity contribution in [2.45, 2.75) is 25.2 Å². The first-order valence-electron chi connectivity index (χ1n) is 12.2. The van der Waals surface area contributed by atoms with Crippen LogP contribution < -0.4 is 25.6 Å². The lowest BCUT2D eigenvalue weighted by Gasteiger charge is -2.33. The van der Waals surface area contributed by atoms with Crippen LogP contribution in [0.5, 0.6) is 5.75 Å². The molecule has 1 heterocycles. The third-order valence-electron chi connectivity index (χ3n) is 6.29. The van der Waals surface area contributed by atoms with E-state index >= 15 is 8.78 Å². The van der Waals surface area contributed by atoms with E-state index in [-0.39, 0.29) is 29.8 Å². The minimum absolute atomic E-state index is 0.0271. The Morgan fingerprint density at radius 2 is 1.71 bits per heavy atom. The maximum Gasteiger partial charge on any atom is 0.573 e. The molecule has 1 aliphatic heterocycles. The molecule has 0 aromatic heterocycles. The van der Waals surface area contributed by atoms with Crippen molar-refractivity contribution in [3.05, 3.63) is 72.0 Å². The normalized spacial score (nSPS) is 16.0. The Hall–Kier alpha value is -3.99. The molecule has 0 bridgehead atoms. The molecule has 2 N–H and O–H groups in total. The Balaban J connectivity index is 1.50. The average molecular weight is 599 g/mol. The second-order valence-corrected chi connectivity index (χ2v) is 12.8. The van der Waals surface area contributed by atoms with Crippen LogP contribution in [0.25, 0.3) is 11.1 Å². The number of rotatable bonds is 6. The van der Waals surface area contributed by atoms with Crippen LogP contribution in [0, 0.1) is 17.5 Å². The van der Waals surface area contributed by atoms with Gasteiger partial charge in [-0.15, -0.1) is 13.2 Å². The molecule has 1 aliphatic rings. The fourth-order valence-electron chi connectivity index (χ4n) is 4.49. The van der Waals surface area contributed by atoms with Gasteiger partial charge in [-0.05, 0) is 56.0 Å². The van der Waals surface area contributed by atoms with Crippen molar-refractivity contribution in [2.24, 2.45) is 0 Å². The number of urea groups is 1. The molecule has 1 saturated heterocycles. The number of hydrogen-bond donors (Lipinski definition) is 2. The van der Waals surface area contributed by atoms with Gasteiger partial charge in [0.15, 0.2) is 11.6 Å². The second kappa shape index (κ2) is 11.5. The standard InChI is InChI=1S/C27H24F6N3O4P/c1-41(2,39)22-8-4-3-6-16(22)17-10-12-21(24(30)23(17)29)36-13-5-7-20(25(36)37)35-26(38)34-19-11-9-15(14-18(19)28)40-27(31,32)33/h3-4,6,8-12,14,20H,5,7,13H2,1-2H3,(H2,34,35,38)/t20-/m1/s1. The highest BCUT2D eigenvalue weighted by atomic mass is 31.2. The van der Waals surface area contributed by atoms with E-state index in [1.165, 1.54) is 31.5 Å². The van der Waals surface area contributed by atoms with Crippen molar-refractivity contribution in [1.82, 2.24) is 5.32 Å². The van der Waals surface area contributed by atoms with Crippen molar-refractivity contribution in [3.63, 3.8) is 0 Å². The van der Waals surface area contributed by atoms with Gasteiger partial charge in [-0.25, -0.2) is 18.0 Å². The van der Waals surface area contributed by atoms with Crippen molar-refractivity contribution in [3.8, 4) is 16.9 Å². The smallest absolute Gasteiger partial charge is 0.406 e. The predicted molar refractivity (Wildman–Crippen MR) is 141 cm³/mol. The van der Waals surface area contributed by atoms with E-state index < -0.39 is 60.4 Å². The van der Waals surface area contributed by atoms with Crippen molar-refractivity contribution < 1.29 is 45.2 Å². The highest BCUT2D eigenvalue weighted by Gasteiger charge is 2.34. The molecule has 0 saturated carbocycles. The van der Waals surface area contributed by atoms with Gasteiger partial charge in [0, 0.05) is 23.5 Å². The molecule has 14 heteroatoms. The molecule has 218 valence electrons. The zero-order valence-corrected chi connectivity index (χ0v) is 22.6. The molecule has 1 fully saturated rings. The van der Waals surface area contributed by atoms with Crippen LogP contribution >= 0.6 is 7.14 Å². The summed E-state index contributed by atoms with van der Waals surface area (Å²) in [6.07, 6.45) is -4.59. The SMILES string of the molecule is CP(C)(=O)c1ccccc1-c1ccc(N2CCC[C@@H](NC(=O)Nc3ccc(OC(F)(F)F)cc3F)C2=O)c(F)c1F.